The Morgan fingerprint density at radius 3 is 2.36 bits per heavy atom. The smallest absolute Gasteiger partial charge is 0.307 e. The number of nitrogens with zero attached hydrogens (tertiary/aromatic N) is 1. The first-order chi connectivity index (χ1) is 10.6. The van der Waals surface area contributed by atoms with Crippen molar-refractivity contribution in [1.29, 1.82) is 0 Å². The molecule has 1 amide bonds. The number of carboxylic acid groups (broad SMARTS) is 1. The fraction of sp³-hybridized carbons (Fsp3) is 0.294. The van der Waals surface area contributed by atoms with E-state index in [1.807, 2.05) is 30.3 Å². The zero-order chi connectivity index (χ0) is 15.5. The van der Waals surface area contributed by atoms with Crippen LogP contribution in [0.2, 0.25) is 0 Å². The van der Waals surface area contributed by atoms with Crippen LogP contribution in [0, 0.1) is 5.92 Å². The third kappa shape index (κ3) is 3.03. The van der Waals surface area contributed by atoms with Crippen molar-refractivity contribution in [3.05, 3.63) is 59.5 Å². The third-order valence-electron chi connectivity index (χ3n) is 4.00. The van der Waals surface area contributed by atoms with Gasteiger partial charge in [-0.15, -0.1) is 0 Å². The quantitative estimate of drug-likeness (QED) is 0.920. The van der Waals surface area contributed by atoms with Crippen molar-refractivity contribution < 1.29 is 19.1 Å². The SMILES string of the molecule is O=C(O)[C@@H](CC(=O)N1Cc2cocc2C1)Cc1ccccc1. The average Bonchev–Trinajstić information content (AvgIpc) is 3.08. The zero-order valence-corrected chi connectivity index (χ0v) is 12.1. The lowest BCUT2D eigenvalue weighted by molar-refractivity contribution is -0.146. The van der Waals surface area contributed by atoms with E-state index in [4.69, 9.17) is 4.42 Å². The first-order valence-electron chi connectivity index (χ1n) is 7.22. The number of carboxylic acids is 1. The molecular weight excluding hydrogens is 282 g/mol. The van der Waals surface area contributed by atoms with Crippen molar-refractivity contribution in [2.45, 2.75) is 25.9 Å². The highest BCUT2D eigenvalue weighted by molar-refractivity contribution is 5.83. The lowest BCUT2D eigenvalue weighted by Gasteiger charge is -2.19. The van der Waals surface area contributed by atoms with Gasteiger partial charge in [0.1, 0.15) is 0 Å². The number of benzene rings is 1. The van der Waals surface area contributed by atoms with Crippen molar-refractivity contribution in [2.24, 2.45) is 5.92 Å². The summed E-state index contributed by atoms with van der Waals surface area (Å²) in [6.07, 6.45) is 3.67. The minimum atomic E-state index is -0.932. The summed E-state index contributed by atoms with van der Waals surface area (Å²) in [6, 6.07) is 9.39. The fourth-order valence-electron chi connectivity index (χ4n) is 2.76. The van der Waals surface area contributed by atoms with Crippen LogP contribution in [0.15, 0.2) is 47.3 Å². The summed E-state index contributed by atoms with van der Waals surface area (Å²) in [7, 11) is 0. The van der Waals surface area contributed by atoms with Gasteiger partial charge in [0.2, 0.25) is 5.91 Å². The number of carbonyl (C=O) groups is 2. The highest BCUT2D eigenvalue weighted by Gasteiger charge is 2.29. The maximum Gasteiger partial charge on any atom is 0.307 e. The molecule has 1 aromatic heterocycles. The molecule has 0 saturated carbocycles. The molecule has 1 aromatic carbocycles. The lowest BCUT2D eigenvalue weighted by atomic mass is 9.96. The molecular formula is C17H17NO4. The van der Waals surface area contributed by atoms with Crippen molar-refractivity contribution >= 4 is 11.9 Å². The van der Waals surface area contributed by atoms with Crippen molar-refractivity contribution in [3.8, 4) is 0 Å². The van der Waals surface area contributed by atoms with Crippen LogP contribution >= 0.6 is 0 Å². The first-order valence-corrected chi connectivity index (χ1v) is 7.22. The van der Waals surface area contributed by atoms with Gasteiger partial charge < -0.3 is 14.4 Å². The van der Waals surface area contributed by atoms with E-state index in [2.05, 4.69) is 0 Å². The monoisotopic (exact) mass is 299 g/mol. The van der Waals surface area contributed by atoms with E-state index in [1.165, 1.54) is 0 Å². The number of amides is 1. The Hall–Kier alpha value is -2.56. The molecule has 0 radical (unpaired) electrons. The molecule has 0 saturated heterocycles. The Morgan fingerprint density at radius 2 is 1.77 bits per heavy atom. The molecule has 1 aliphatic heterocycles. The molecule has 3 rings (SSSR count). The molecule has 2 aromatic rings. The van der Waals surface area contributed by atoms with Crippen LogP contribution in [0.3, 0.4) is 0 Å². The molecule has 5 nitrogen and oxygen atoms in total. The van der Waals surface area contributed by atoms with Crippen molar-refractivity contribution in [2.75, 3.05) is 0 Å². The van der Waals surface area contributed by atoms with E-state index >= 15 is 0 Å². The van der Waals surface area contributed by atoms with Crippen LogP contribution in [0.5, 0.6) is 0 Å². The number of aliphatic carboxylic acids is 1. The Balaban J connectivity index is 1.63. The van der Waals surface area contributed by atoms with Crippen LogP contribution in [0.4, 0.5) is 0 Å². The van der Waals surface area contributed by atoms with Crippen LogP contribution in [-0.2, 0) is 29.1 Å². The van der Waals surface area contributed by atoms with Crippen molar-refractivity contribution in [3.63, 3.8) is 0 Å². The maximum absolute atomic E-state index is 12.3. The van der Waals surface area contributed by atoms with Gasteiger partial charge in [-0.05, 0) is 12.0 Å². The van der Waals surface area contributed by atoms with E-state index in [-0.39, 0.29) is 12.3 Å². The molecule has 0 fully saturated rings. The molecule has 2 heterocycles. The van der Waals surface area contributed by atoms with E-state index < -0.39 is 11.9 Å². The normalized spacial score (nSPS) is 14.6. The van der Waals surface area contributed by atoms with E-state index in [1.54, 1.807) is 17.4 Å². The van der Waals surface area contributed by atoms with Crippen LogP contribution in [0.1, 0.15) is 23.1 Å². The number of fused-ring (bicyclic) bond motifs is 1. The number of hydrogen-bond acceptors (Lipinski definition) is 3. The number of hydrogen-bond donors (Lipinski definition) is 1. The molecule has 114 valence electrons. The molecule has 0 bridgehead atoms. The summed E-state index contributed by atoms with van der Waals surface area (Å²) in [5.74, 6) is -1.76. The predicted octanol–water partition coefficient (Wildman–Crippen LogP) is 2.46. The minimum Gasteiger partial charge on any atom is -0.481 e. The molecule has 0 unspecified atom stereocenters. The van der Waals surface area contributed by atoms with E-state index in [9.17, 15) is 14.7 Å². The van der Waals surface area contributed by atoms with Crippen LogP contribution in [-0.4, -0.2) is 21.9 Å². The second kappa shape index (κ2) is 6.05. The molecule has 22 heavy (non-hydrogen) atoms. The molecule has 5 heteroatoms. The second-order valence-electron chi connectivity index (χ2n) is 5.60. The van der Waals surface area contributed by atoms with Gasteiger partial charge in [0.25, 0.3) is 0 Å². The summed E-state index contributed by atoms with van der Waals surface area (Å²) < 4.78 is 5.08. The van der Waals surface area contributed by atoms with Gasteiger partial charge in [-0.3, -0.25) is 9.59 Å². The average molecular weight is 299 g/mol. The summed E-state index contributed by atoms with van der Waals surface area (Å²) in [5.41, 5.74) is 2.94. The minimum absolute atomic E-state index is 0.0195. The number of furan rings is 1. The largest absolute Gasteiger partial charge is 0.481 e. The second-order valence-corrected chi connectivity index (χ2v) is 5.60. The first kappa shape index (κ1) is 14.4. The Morgan fingerprint density at radius 1 is 1.14 bits per heavy atom. The van der Waals surface area contributed by atoms with Gasteiger partial charge in [0, 0.05) is 30.6 Å². The molecule has 0 aliphatic carbocycles. The lowest BCUT2D eigenvalue weighted by Crippen LogP contribution is -2.30. The van der Waals surface area contributed by atoms with Crippen molar-refractivity contribution in [1.82, 2.24) is 4.90 Å². The molecule has 1 aliphatic rings. The summed E-state index contributed by atoms with van der Waals surface area (Å²) in [4.78, 5) is 25.5. The summed E-state index contributed by atoms with van der Waals surface area (Å²) in [5, 5.41) is 9.37. The van der Waals surface area contributed by atoms with Crippen LogP contribution < -0.4 is 0 Å². The Labute approximate surface area is 128 Å². The van der Waals surface area contributed by atoms with Gasteiger partial charge in [-0.1, -0.05) is 30.3 Å². The highest BCUT2D eigenvalue weighted by atomic mass is 16.4. The molecule has 0 spiro atoms. The molecule has 1 N–H and O–H groups in total. The Bertz CT molecular complexity index is 656. The molecule has 1 atom stereocenters. The topological polar surface area (TPSA) is 70.8 Å². The maximum atomic E-state index is 12.3. The van der Waals surface area contributed by atoms with Gasteiger partial charge in [0.15, 0.2) is 0 Å². The van der Waals surface area contributed by atoms with Gasteiger partial charge in [-0.2, -0.15) is 0 Å². The predicted molar refractivity (Wildman–Crippen MR) is 78.9 cm³/mol. The number of carbonyl (C=O) groups excluding carboxylic acids is 1. The standard InChI is InChI=1S/C17H17NO4/c19-16(18-8-14-10-22-11-15(14)9-18)7-13(17(20)21)6-12-4-2-1-3-5-12/h1-5,10-11,13H,6-9H2,(H,20,21)/t13-/m1/s1. The van der Waals surface area contributed by atoms with Gasteiger partial charge >= 0.3 is 5.97 Å². The van der Waals surface area contributed by atoms with E-state index in [0.29, 0.717) is 19.5 Å². The summed E-state index contributed by atoms with van der Waals surface area (Å²) in [6.45, 7) is 1.00. The van der Waals surface area contributed by atoms with Gasteiger partial charge in [-0.25, -0.2) is 0 Å². The third-order valence-corrected chi connectivity index (χ3v) is 4.00. The van der Waals surface area contributed by atoms with E-state index in [0.717, 1.165) is 16.7 Å². The van der Waals surface area contributed by atoms with Gasteiger partial charge in [0.05, 0.1) is 18.4 Å². The van der Waals surface area contributed by atoms with Crippen LogP contribution in [0.25, 0.3) is 0 Å². The highest BCUT2D eigenvalue weighted by Crippen LogP contribution is 2.25. The number of rotatable bonds is 5. The summed E-state index contributed by atoms with van der Waals surface area (Å²) >= 11 is 0. The fourth-order valence-corrected chi connectivity index (χ4v) is 2.76. The zero-order valence-electron chi connectivity index (χ0n) is 12.1. The Kier molecular flexibility index (Phi) is 3.96.